The number of nitrogens with zero attached hydrogens (tertiary/aromatic N) is 3. The van der Waals surface area contributed by atoms with E-state index in [1.807, 2.05) is 60.7 Å². The number of hydrogen-bond acceptors (Lipinski definition) is 4. The van der Waals surface area contributed by atoms with Crippen molar-refractivity contribution in [3.05, 3.63) is 200 Å². The highest BCUT2D eigenvalue weighted by Crippen LogP contribution is 2.44. The summed E-state index contributed by atoms with van der Waals surface area (Å²) in [4.78, 5) is 14.7. The molecule has 2 aromatic heterocycles. The van der Waals surface area contributed by atoms with Gasteiger partial charge in [-0.1, -0.05) is 188 Å². The summed E-state index contributed by atoms with van der Waals surface area (Å²) in [7, 11) is 0. The van der Waals surface area contributed by atoms with E-state index in [4.69, 9.17) is 19.4 Å². The van der Waals surface area contributed by atoms with Gasteiger partial charge in [0.1, 0.15) is 11.2 Å². The predicted octanol–water partition coefficient (Wildman–Crippen LogP) is 14.1. The van der Waals surface area contributed by atoms with E-state index >= 15 is 0 Å². The van der Waals surface area contributed by atoms with Gasteiger partial charge in [0.2, 0.25) is 0 Å². The highest BCUT2D eigenvalue weighted by atomic mass is 16.3. The van der Waals surface area contributed by atoms with Crippen LogP contribution in [0, 0.1) is 0 Å². The molecule has 0 atom stereocenters. The first kappa shape index (κ1) is 32.7. The van der Waals surface area contributed by atoms with Crippen LogP contribution in [0.2, 0.25) is 0 Å². The van der Waals surface area contributed by atoms with Gasteiger partial charge in [-0.3, -0.25) is 0 Å². The monoisotopic (exact) mass is 727 g/mol. The smallest absolute Gasteiger partial charge is 0.164 e. The topological polar surface area (TPSA) is 51.8 Å². The molecule has 0 aliphatic rings. The van der Waals surface area contributed by atoms with Gasteiger partial charge in [-0.25, -0.2) is 15.0 Å². The Morgan fingerprint density at radius 3 is 1.42 bits per heavy atom. The summed E-state index contributed by atoms with van der Waals surface area (Å²) in [5, 5.41) is 6.97. The van der Waals surface area contributed by atoms with Crippen LogP contribution in [-0.2, 0) is 0 Å². The lowest BCUT2D eigenvalue weighted by molar-refractivity contribution is 0.673. The Hall–Kier alpha value is -7.69. The highest BCUT2D eigenvalue weighted by molar-refractivity contribution is 6.23. The Bertz CT molecular complexity index is 3200. The molecule has 0 aliphatic heterocycles. The molecule has 0 bridgehead atoms. The lowest BCUT2D eigenvalue weighted by Crippen LogP contribution is -2.00. The third-order valence-electron chi connectivity index (χ3n) is 11.0. The van der Waals surface area contributed by atoms with Gasteiger partial charge in [0.15, 0.2) is 17.5 Å². The second-order valence-corrected chi connectivity index (χ2v) is 14.3. The van der Waals surface area contributed by atoms with Gasteiger partial charge in [0.25, 0.3) is 0 Å². The molecule has 57 heavy (non-hydrogen) atoms. The van der Waals surface area contributed by atoms with Crippen LogP contribution in [0.1, 0.15) is 0 Å². The molecule has 4 heteroatoms. The molecule has 0 fully saturated rings. The summed E-state index contributed by atoms with van der Waals surface area (Å²) in [5.74, 6) is 1.94. The molecular weight excluding hydrogens is 695 g/mol. The maximum atomic E-state index is 6.69. The van der Waals surface area contributed by atoms with Crippen molar-refractivity contribution < 1.29 is 4.42 Å². The molecule has 0 spiro atoms. The molecule has 0 saturated carbocycles. The zero-order valence-corrected chi connectivity index (χ0v) is 30.8. The van der Waals surface area contributed by atoms with Crippen LogP contribution in [0.3, 0.4) is 0 Å². The summed E-state index contributed by atoms with van der Waals surface area (Å²) in [6, 6.07) is 69.9. The van der Waals surface area contributed by atoms with Gasteiger partial charge in [0.05, 0.1) is 0 Å². The lowest BCUT2D eigenvalue weighted by atomic mass is 9.91. The maximum absolute atomic E-state index is 6.69. The van der Waals surface area contributed by atoms with Crippen LogP contribution < -0.4 is 0 Å². The fourth-order valence-electron chi connectivity index (χ4n) is 8.16. The van der Waals surface area contributed by atoms with Gasteiger partial charge >= 0.3 is 0 Å². The Morgan fingerprint density at radius 1 is 0.298 bits per heavy atom. The van der Waals surface area contributed by atoms with Crippen molar-refractivity contribution in [1.82, 2.24) is 15.0 Å². The summed E-state index contributed by atoms with van der Waals surface area (Å²) in [5.41, 5.74) is 11.6. The molecule has 0 radical (unpaired) electrons. The molecule has 0 aliphatic carbocycles. The van der Waals surface area contributed by atoms with E-state index in [0.717, 1.165) is 66.1 Å². The van der Waals surface area contributed by atoms with Crippen molar-refractivity contribution in [2.24, 2.45) is 0 Å². The first-order valence-electron chi connectivity index (χ1n) is 19.2. The van der Waals surface area contributed by atoms with E-state index in [0.29, 0.717) is 17.5 Å². The van der Waals surface area contributed by atoms with Crippen molar-refractivity contribution in [3.8, 4) is 67.5 Å². The van der Waals surface area contributed by atoms with Crippen molar-refractivity contribution in [2.45, 2.75) is 0 Å². The minimum Gasteiger partial charge on any atom is -0.455 e. The molecule has 2 heterocycles. The van der Waals surface area contributed by atoms with Crippen LogP contribution in [-0.4, -0.2) is 15.0 Å². The molecule has 9 aromatic carbocycles. The van der Waals surface area contributed by atoms with E-state index in [2.05, 4.69) is 140 Å². The zero-order chi connectivity index (χ0) is 37.7. The van der Waals surface area contributed by atoms with E-state index in [1.54, 1.807) is 0 Å². The third-order valence-corrected chi connectivity index (χ3v) is 11.0. The van der Waals surface area contributed by atoms with Gasteiger partial charge in [-0.15, -0.1) is 0 Å². The quantitative estimate of drug-likeness (QED) is 0.171. The molecule has 0 saturated heterocycles. The first-order chi connectivity index (χ1) is 28.2. The molecule has 266 valence electrons. The van der Waals surface area contributed by atoms with E-state index in [9.17, 15) is 0 Å². The predicted molar refractivity (Wildman–Crippen MR) is 235 cm³/mol. The third kappa shape index (κ3) is 5.74. The Morgan fingerprint density at radius 2 is 0.772 bits per heavy atom. The maximum Gasteiger partial charge on any atom is 0.164 e. The molecule has 4 nitrogen and oxygen atoms in total. The average molecular weight is 728 g/mol. The average Bonchev–Trinajstić information content (AvgIpc) is 3.68. The standard InChI is InChI=1S/C53H33N3O/c1-3-14-38(15-4-1)51-54-52(39-16-5-2-6-17-39)56-53(55-51)40-31-27-35(28-32-40)34-25-29-37(30-26-34)46-33-47-49-44(42-22-11-18-36-13-7-8-19-41(36)42)23-12-24-48(49)57-50(47)45-21-10-9-20-43(45)46/h1-33H. The number of furan rings is 1. The van der Waals surface area contributed by atoms with Crippen molar-refractivity contribution >= 4 is 43.5 Å². The van der Waals surface area contributed by atoms with Crippen molar-refractivity contribution in [3.63, 3.8) is 0 Å². The minimum atomic E-state index is 0.641. The van der Waals surface area contributed by atoms with Crippen LogP contribution >= 0.6 is 0 Å². The summed E-state index contributed by atoms with van der Waals surface area (Å²) >= 11 is 0. The van der Waals surface area contributed by atoms with Crippen LogP contribution in [0.5, 0.6) is 0 Å². The van der Waals surface area contributed by atoms with Crippen molar-refractivity contribution in [2.75, 3.05) is 0 Å². The SMILES string of the molecule is c1ccc(-c2nc(-c3ccccc3)nc(-c3ccc(-c4ccc(-c5cc6c(oc7cccc(-c8cccc9ccccc89)c76)c6ccccc56)cc4)cc3)n2)cc1. The summed E-state index contributed by atoms with van der Waals surface area (Å²) in [6.45, 7) is 0. The fourth-order valence-corrected chi connectivity index (χ4v) is 8.16. The lowest BCUT2D eigenvalue weighted by Gasteiger charge is -2.11. The fraction of sp³-hybridized carbons (Fsp3) is 0. The molecule has 0 N–H and O–H groups in total. The minimum absolute atomic E-state index is 0.641. The van der Waals surface area contributed by atoms with Crippen LogP contribution in [0.15, 0.2) is 205 Å². The second-order valence-electron chi connectivity index (χ2n) is 14.3. The van der Waals surface area contributed by atoms with Crippen LogP contribution in [0.25, 0.3) is 111 Å². The Labute approximate surface area is 329 Å². The Kier molecular flexibility index (Phi) is 7.78. The number of hydrogen-bond donors (Lipinski definition) is 0. The van der Waals surface area contributed by atoms with Crippen molar-refractivity contribution in [1.29, 1.82) is 0 Å². The van der Waals surface area contributed by atoms with Gasteiger partial charge in [-0.05, 0) is 61.7 Å². The number of aromatic nitrogens is 3. The van der Waals surface area contributed by atoms with Gasteiger partial charge in [0, 0.05) is 32.8 Å². The highest BCUT2D eigenvalue weighted by Gasteiger charge is 2.19. The zero-order valence-electron chi connectivity index (χ0n) is 30.8. The molecule has 11 rings (SSSR count). The number of benzene rings is 9. The molecule has 0 amide bonds. The van der Waals surface area contributed by atoms with E-state index in [-0.39, 0.29) is 0 Å². The normalized spacial score (nSPS) is 11.5. The van der Waals surface area contributed by atoms with Gasteiger partial charge in [-0.2, -0.15) is 0 Å². The Balaban J connectivity index is 0.979. The van der Waals surface area contributed by atoms with E-state index in [1.165, 1.54) is 27.5 Å². The van der Waals surface area contributed by atoms with Gasteiger partial charge < -0.3 is 4.42 Å². The number of rotatable bonds is 6. The summed E-state index contributed by atoms with van der Waals surface area (Å²) in [6.07, 6.45) is 0. The molecular formula is C53H33N3O. The second kappa shape index (κ2) is 13.6. The number of fused-ring (bicyclic) bond motifs is 6. The first-order valence-corrected chi connectivity index (χ1v) is 19.2. The largest absolute Gasteiger partial charge is 0.455 e. The summed E-state index contributed by atoms with van der Waals surface area (Å²) < 4.78 is 6.69. The van der Waals surface area contributed by atoms with Crippen LogP contribution in [0.4, 0.5) is 0 Å². The van der Waals surface area contributed by atoms with E-state index < -0.39 is 0 Å². The molecule has 0 unspecified atom stereocenters. The molecule has 11 aromatic rings.